The van der Waals surface area contributed by atoms with E-state index in [1.165, 1.54) is 97.4 Å². The Bertz CT molecular complexity index is 3090. The molecule has 238 valence electrons. The first-order valence-electron chi connectivity index (χ1n) is 17.5. The summed E-state index contributed by atoms with van der Waals surface area (Å²) < 4.78 is 7.65. The molecular formula is C48H30N2S. The number of para-hydroxylation sites is 5. The third-order valence-electron chi connectivity index (χ3n) is 10.5. The molecule has 3 heteroatoms. The summed E-state index contributed by atoms with van der Waals surface area (Å²) in [4.78, 5) is 0. The fourth-order valence-electron chi connectivity index (χ4n) is 8.43. The maximum atomic E-state index is 2.53. The summed E-state index contributed by atoms with van der Waals surface area (Å²) in [5, 5.41) is 7.67. The molecule has 0 saturated heterocycles. The van der Waals surface area contributed by atoms with E-state index in [1.54, 1.807) is 0 Å². The highest BCUT2D eigenvalue weighted by Gasteiger charge is 2.24. The summed E-state index contributed by atoms with van der Waals surface area (Å²) in [6.07, 6.45) is 0. The largest absolute Gasteiger partial charge is 0.308 e. The predicted octanol–water partition coefficient (Wildman–Crippen LogP) is 13.6. The number of aromatic nitrogens is 2. The van der Waals surface area contributed by atoms with Gasteiger partial charge < -0.3 is 9.13 Å². The van der Waals surface area contributed by atoms with Crippen molar-refractivity contribution >= 4 is 75.1 Å². The van der Waals surface area contributed by atoms with Crippen LogP contribution in [0.3, 0.4) is 0 Å². The Labute approximate surface area is 298 Å². The van der Waals surface area contributed by atoms with Crippen molar-refractivity contribution in [1.82, 2.24) is 9.13 Å². The molecule has 0 unspecified atom stereocenters. The SMILES string of the molecule is c1ccc(-c2cccc(-c3ccccc3-n3c4ccccc4c4ccc5sc6ccccc6c5c43)c2-n2c3ccccc3c3ccccc32)cc1. The summed E-state index contributed by atoms with van der Waals surface area (Å²) in [5.41, 5.74) is 12.0. The maximum absolute atomic E-state index is 2.53. The number of fused-ring (bicyclic) bond motifs is 10. The Kier molecular flexibility index (Phi) is 6.16. The third-order valence-corrected chi connectivity index (χ3v) is 11.7. The molecule has 0 amide bonds. The van der Waals surface area contributed by atoms with Gasteiger partial charge in [-0.3, -0.25) is 0 Å². The lowest BCUT2D eigenvalue weighted by molar-refractivity contribution is 1.16. The van der Waals surface area contributed by atoms with E-state index in [2.05, 4.69) is 191 Å². The van der Waals surface area contributed by atoms with Gasteiger partial charge >= 0.3 is 0 Å². The van der Waals surface area contributed by atoms with Crippen molar-refractivity contribution < 1.29 is 0 Å². The average Bonchev–Trinajstić information content (AvgIpc) is 3.86. The summed E-state index contributed by atoms with van der Waals surface area (Å²) in [6, 6.07) is 66.7. The lowest BCUT2D eigenvalue weighted by atomic mass is 9.94. The summed E-state index contributed by atoms with van der Waals surface area (Å²) >= 11 is 1.88. The van der Waals surface area contributed by atoms with Gasteiger partial charge in [0.1, 0.15) is 0 Å². The number of thiophene rings is 1. The zero-order valence-electron chi connectivity index (χ0n) is 27.6. The highest BCUT2D eigenvalue weighted by atomic mass is 32.1. The van der Waals surface area contributed by atoms with Crippen LogP contribution in [-0.2, 0) is 0 Å². The molecule has 11 aromatic rings. The van der Waals surface area contributed by atoms with Crippen LogP contribution in [0.15, 0.2) is 182 Å². The Hall–Kier alpha value is -6.42. The Morgan fingerprint density at radius 2 is 0.882 bits per heavy atom. The van der Waals surface area contributed by atoms with Gasteiger partial charge in [-0.25, -0.2) is 0 Å². The van der Waals surface area contributed by atoms with Crippen molar-refractivity contribution in [2.75, 3.05) is 0 Å². The van der Waals surface area contributed by atoms with E-state index in [-0.39, 0.29) is 0 Å². The van der Waals surface area contributed by atoms with Gasteiger partial charge in [-0.2, -0.15) is 0 Å². The van der Waals surface area contributed by atoms with Gasteiger partial charge in [0.2, 0.25) is 0 Å². The highest BCUT2D eigenvalue weighted by molar-refractivity contribution is 7.26. The van der Waals surface area contributed by atoms with Crippen LogP contribution < -0.4 is 0 Å². The number of hydrogen-bond acceptors (Lipinski definition) is 1. The number of nitrogens with zero attached hydrogens (tertiary/aromatic N) is 2. The average molecular weight is 667 g/mol. The van der Waals surface area contributed by atoms with E-state index in [4.69, 9.17) is 0 Å². The van der Waals surface area contributed by atoms with Crippen molar-refractivity contribution in [1.29, 1.82) is 0 Å². The van der Waals surface area contributed by atoms with Crippen LogP contribution in [0.1, 0.15) is 0 Å². The van der Waals surface area contributed by atoms with Crippen molar-refractivity contribution in [2.45, 2.75) is 0 Å². The van der Waals surface area contributed by atoms with Gasteiger partial charge in [-0.05, 0) is 42.0 Å². The second-order valence-electron chi connectivity index (χ2n) is 13.2. The van der Waals surface area contributed by atoms with E-state index in [0.29, 0.717) is 0 Å². The first-order valence-corrected chi connectivity index (χ1v) is 18.3. The molecule has 0 aliphatic rings. The maximum Gasteiger partial charge on any atom is 0.0634 e. The number of rotatable bonds is 4. The van der Waals surface area contributed by atoms with Gasteiger partial charge in [0, 0.05) is 58.4 Å². The Morgan fingerprint density at radius 3 is 1.63 bits per heavy atom. The predicted molar refractivity (Wildman–Crippen MR) is 219 cm³/mol. The second-order valence-corrected chi connectivity index (χ2v) is 14.3. The van der Waals surface area contributed by atoms with Crippen LogP contribution in [-0.4, -0.2) is 9.13 Å². The zero-order chi connectivity index (χ0) is 33.5. The van der Waals surface area contributed by atoms with Gasteiger partial charge in [-0.1, -0.05) is 146 Å². The summed E-state index contributed by atoms with van der Waals surface area (Å²) in [5.74, 6) is 0. The van der Waals surface area contributed by atoms with Gasteiger partial charge in [0.15, 0.2) is 0 Å². The Morgan fingerprint density at radius 1 is 0.333 bits per heavy atom. The second kappa shape index (κ2) is 11.0. The standard InChI is InChI=1S/C48H30N2S/c1-2-15-31(16-3-1)32-22-14-23-37(47(32)49-40-24-9-4-17-33(40)34-18-5-10-25-41(34)49)35-19-6-11-26-42(35)50-43-27-12-7-20-36(43)38-29-30-45-46(48(38)50)39-21-8-13-28-44(39)51-45/h1-30H. The van der Waals surface area contributed by atoms with Gasteiger partial charge in [-0.15, -0.1) is 11.3 Å². The molecule has 0 atom stereocenters. The molecular weight excluding hydrogens is 637 g/mol. The molecule has 0 aliphatic carbocycles. The van der Waals surface area contributed by atoms with E-state index in [0.717, 1.165) is 0 Å². The lowest BCUT2D eigenvalue weighted by Gasteiger charge is -2.21. The monoisotopic (exact) mass is 666 g/mol. The van der Waals surface area contributed by atoms with Crippen LogP contribution in [0.5, 0.6) is 0 Å². The van der Waals surface area contributed by atoms with Crippen LogP contribution in [0.25, 0.3) is 97.4 Å². The van der Waals surface area contributed by atoms with E-state index in [9.17, 15) is 0 Å². The fraction of sp³-hybridized carbons (Fsp3) is 0. The molecule has 3 aromatic heterocycles. The van der Waals surface area contributed by atoms with E-state index < -0.39 is 0 Å². The first-order chi connectivity index (χ1) is 25.3. The normalized spacial score (nSPS) is 11.9. The molecule has 51 heavy (non-hydrogen) atoms. The smallest absolute Gasteiger partial charge is 0.0634 e. The fourth-order valence-corrected chi connectivity index (χ4v) is 9.54. The molecule has 0 saturated carbocycles. The number of benzene rings is 8. The molecule has 0 N–H and O–H groups in total. The third kappa shape index (κ3) is 4.10. The molecule has 8 aromatic carbocycles. The highest BCUT2D eigenvalue weighted by Crippen LogP contribution is 2.46. The Balaban J connectivity index is 1.31. The minimum atomic E-state index is 1.17. The first kappa shape index (κ1) is 28.4. The van der Waals surface area contributed by atoms with Crippen LogP contribution in [0.4, 0.5) is 0 Å². The molecule has 0 bridgehead atoms. The minimum Gasteiger partial charge on any atom is -0.308 e. The zero-order valence-corrected chi connectivity index (χ0v) is 28.4. The van der Waals surface area contributed by atoms with Crippen LogP contribution in [0, 0.1) is 0 Å². The molecule has 2 nitrogen and oxygen atoms in total. The van der Waals surface area contributed by atoms with Gasteiger partial charge in [0.25, 0.3) is 0 Å². The van der Waals surface area contributed by atoms with Crippen molar-refractivity contribution in [3.63, 3.8) is 0 Å². The lowest BCUT2D eigenvalue weighted by Crippen LogP contribution is -2.03. The molecule has 3 heterocycles. The molecule has 11 rings (SSSR count). The van der Waals surface area contributed by atoms with E-state index in [1.807, 2.05) is 11.3 Å². The van der Waals surface area contributed by atoms with Crippen molar-refractivity contribution in [3.05, 3.63) is 182 Å². The van der Waals surface area contributed by atoms with Crippen LogP contribution >= 0.6 is 11.3 Å². The number of hydrogen-bond donors (Lipinski definition) is 0. The van der Waals surface area contributed by atoms with Gasteiger partial charge in [0.05, 0.1) is 33.4 Å². The molecule has 0 radical (unpaired) electrons. The minimum absolute atomic E-state index is 1.17. The summed E-state index contributed by atoms with van der Waals surface area (Å²) in [7, 11) is 0. The van der Waals surface area contributed by atoms with Crippen LogP contribution in [0.2, 0.25) is 0 Å². The van der Waals surface area contributed by atoms with Crippen molar-refractivity contribution in [3.8, 4) is 33.6 Å². The summed E-state index contributed by atoms with van der Waals surface area (Å²) in [6.45, 7) is 0. The molecule has 0 fully saturated rings. The molecule has 0 aliphatic heterocycles. The van der Waals surface area contributed by atoms with E-state index >= 15 is 0 Å². The quantitative estimate of drug-likeness (QED) is 0.177. The van der Waals surface area contributed by atoms with Crippen molar-refractivity contribution in [2.24, 2.45) is 0 Å². The topological polar surface area (TPSA) is 9.86 Å². The molecule has 0 spiro atoms.